The highest BCUT2D eigenvalue weighted by Gasteiger charge is 2.31. The van der Waals surface area contributed by atoms with Crippen LogP contribution in [-0.4, -0.2) is 32.8 Å². The molecule has 2 aromatic rings. The van der Waals surface area contributed by atoms with Gasteiger partial charge in [0, 0.05) is 19.7 Å². The lowest BCUT2D eigenvalue weighted by molar-refractivity contribution is -0.137. The van der Waals surface area contributed by atoms with Crippen LogP contribution in [0.5, 0.6) is 0 Å². The molecule has 0 spiro atoms. The predicted octanol–water partition coefficient (Wildman–Crippen LogP) is 4.82. The molecule has 0 heterocycles. The van der Waals surface area contributed by atoms with Crippen molar-refractivity contribution in [2.24, 2.45) is 0 Å². The Labute approximate surface area is 174 Å². The highest BCUT2D eigenvalue weighted by Crippen LogP contribution is 2.31. The van der Waals surface area contributed by atoms with Crippen molar-refractivity contribution in [3.63, 3.8) is 0 Å². The Morgan fingerprint density at radius 3 is 2.31 bits per heavy atom. The summed E-state index contributed by atoms with van der Waals surface area (Å²) < 4.78 is 48.8. The second kappa shape index (κ2) is 11.2. The molecule has 0 fully saturated rings. The van der Waals surface area contributed by atoms with Crippen LogP contribution in [0.1, 0.15) is 40.1 Å². The van der Waals surface area contributed by atoms with E-state index in [2.05, 4.69) is 10.1 Å². The van der Waals surface area contributed by atoms with Crippen molar-refractivity contribution in [1.29, 1.82) is 0 Å². The zero-order valence-corrected chi connectivity index (χ0v) is 17.3. The zero-order valence-electron chi connectivity index (χ0n) is 16.5. The van der Waals surface area contributed by atoms with Crippen LogP contribution < -0.4 is 5.32 Å². The van der Waals surface area contributed by atoms with E-state index in [0.29, 0.717) is 24.1 Å². The molecule has 29 heavy (non-hydrogen) atoms. The van der Waals surface area contributed by atoms with Gasteiger partial charge in [-0.05, 0) is 48.7 Å². The monoisotopic (exact) mass is 431 g/mol. The highest BCUT2D eigenvalue weighted by molar-refractivity contribution is 5.89. The summed E-state index contributed by atoms with van der Waals surface area (Å²) >= 11 is 0. The minimum Gasteiger partial charge on any atom is -0.465 e. The summed E-state index contributed by atoms with van der Waals surface area (Å²) in [5.74, 6) is -0.387. The van der Waals surface area contributed by atoms with Crippen molar-refractivity contribution in [3.05, 3.63) is 70.8 Å². The Bertz CT molecular complexity index is 781. The normalized spacial score (nSPS) is 13.3. The van der Waals surface area contributed by atoms with E-state index in [9.17, 15) is 18.0 Å². The molecule has 2 rings (SSSR count). The summed E-state index contributed by atoms with van der Waals surface area (Å²) in [6, 6.07) is 12.3. The van der Waals surface area contributed by atoms with Crippen LogP contribution in [0, 0.1) is 0 Å². The SMILES string of the molecule is COC(=O)c1ccc(CC(C)NCC(OC)c2cccc(C(F)(F)F)c2)cc1.Cl. The van der Waals surface area contributed by atoms with Crippen molar-refractivity contribution in [2.45, 2.75) is 31.7 Å². The number of alkyl halides is 3. The molecule has 8 heteroatoms. The minimum absolute atomic E-state index is 0. The van der Waals surface area contributed by atoms with Gasteiger partial charge in [-0.3, -0.25) is 0 Å². The number of ether oxygens (including phenoxy) is 2. The number of methoxy groups -OCH3 is 2. The largest absolute Gasteiger partial charge is 0.465 e. The van der Waals surface area contributed by atoms with E-state index in [0.717, 1.165) is 17.7 Å². The van der Waals surface area contributed by atoms with Crippen LogP contribution >= 0.6 is 12.4 Å². The first-order valence-corrected chi connectivity index (χ1v) is 8.85. The van der Waals surface area contributed by atoms with Gasteiger partial charge in [0.25, 0.3) is 0 Å². The maximum absolute atomic E-state index is 12.9. The van der Waals surface area contributed by atoms with Gasteiger partial charge in [0.2, 0.25) is 0 Å². The molecule has 0 amide bonds. The smallest absolute Gasteiger partial charge is 0.416 e. The number of nitrogens with one attached hydrogen (secondary N) is 1. The van der Waals surface area contributed by atoms with Crippen molar-refractivity contribution >= 4 is 18.4 Å². The molecule has 0 aliphatic heterocycles. The lowest BCUT2D eigenvalue weighted by Gasteiger charge is -2.21. The molecule has 2 unspecified atom stereocenters. The third kappa shape index (κ3) is 7.34. The van der Waals surface area contributed by atoms with Crippen molar-refractivity contribution in [3.8, 4) is 0 Å². The van der Waals surface area contributed by atoms with Gasteiger partial charge in [0.15, 0.2) is 0 Å². The lowest BCUT2D eigenvalue weighted by atomic mass is 10.0. The molecule has 0 aliphatic rings. The van der Waals surface area contributed by atoms with Gasteiger partial charge in [-0.25, -0.2) is 4.79 Å². The van der Waals surface area contributed by atoms with Gasteiger partial charge in [-0.1, -0.05) is 24.3 Å². The summed E-state index contributed by atoms with van der Waals surface area (Å²) in [6.45, 7) is 2.35. The Kier molecular flexibility index (Phi) is 9.62. The minimum atomic E-state index is -4.38. The number of benzene rings is 2. The van der Waals surface area contributed by atoms with Crippen LogP contribution in [0.15, 0.2) is 48.5 Å². The summed E-state index contributed by atoms with van der Waals surface area (Å²) in [7, 11) is 2.81. The molecule has 160 valence electrons. The molecular formula is C21H25ClF3NO3. The van der Waals surface area contributed by atoms with Gasteiger partial charge in [0.05, 0.1) is 24.3 Å². The molecule has 2 aromatic carbocycles. The third-order valence-electron chi connectivity index (χ3n) is 4.44. The average molecular weight is 432 g/mol. The van der Waals surface area contributed by atoms with E-state index < -0.39 is 17.8 Å². The van der Waals surface area contributed by atoms with Crippen LogP contribution in [0.3, 0.4) is 0 Å². The maximum Gasteiger partial charge on any atom is 0.416 e. The second-order valence-electron chi connectivity index (χ2n) is 6.55. The predicted molar refractivity (Wildman–Crippen MR) is 107 cm³/mol. The topological polar surface area (TPSA) is 47.6 Å². The number of rotatable bonds is 8. The fourth-order valence-electron chi connectivity index (χ4n) is 2.88. The zero-order chi connectivity index (χ0) is 20.7. The van der Waals surface area contributed by atoms with E-state index in [4.69, 9.17) is 4.74 Å². The molecule has 0 bridgehead atoms. The first-order valence-electron chi connectivity index (χ1n) is 8.85. The number of carbonyl (C=O) groups excluding carboxylic acids is 1. The number of hydrogen-bond donors (Lipinski definition) is 1. The molecule has 2 atom stereocenters. The Morgan fingerprint density at radius 1 is 1.10 bits per heavy atom. The Hall–Kier alpha value is -2.09. The van der Waals surface area contributed by atoms with Gasteiger partial charge in [0.1, 0.15) is 0 Å². The third-order valence-corrected chi connectivity index (χ3v) is 4.44. The fraction of sp³-hybridized carbons (Fsp3) is 0.381. The number of halogens is 4. The van der Waals surface area contributed by atoms with E-state index in [1.165, 1.54) is 20.3 Å². The highest BCUT2D eigenvalue weighted by atomic mass is 35.5. The molecule has 0 radical (unpaired) electrons. The molecular weight excluding hydrogens is 407 g/mol. The molecule has 0 aliphatic carbocycles. The maximum atomic E-state index is 12.9. The van der Waals surface area contributed by atoms with E-state index in [-0.39, 0.29) is 24.4 Å². The number of carbonyl (C=O) groups is 1. The average Bonchev–Trinajstić information content (AvgIpc) is 2.68. The van der Waals surface area contributed by atoms with Crippen LogP contribution in [0.2, 0.25) is 0 Å². The number of hydrogen-bond acceptors (Lipinski definition) is 4. The van der Waals surface area contributed by atoms with Gasteiger partial charge in [-0.2, -0.15) is 13.2 Å². The van der Waals surface area contributed by atoms with Crippen molar-refractivity contribution in [2.75, 3.05) is 20.8 Å². The standard InChI is InChI=1S/C21H24F3NO3.ClH/c1-14(11-15-7-9-16(10-8-15)20(26)28-3)25-13-19(27-2)17-5-4-6-18(12-17)21(22,23)24;/h4-10,12,14,19,25H,11,13H2,1-3H3;1H. The first kappa shape index (κ1) is 24.9. The quantitative estimate of drug-likeness (QED) is 0.609. The van der Waals surface area contributed by atoms with Crippen LogP contribution in [0.25, 0.3) is 0 Å². The van der Waals surface area contributed by atoms with E-state index in [1.54, 1.807) is 18.2 Å². The number of esters is 1. The lowest BCUT2D eigenvalue weighted by Crippen LogP contribution is -2.32. The fourth-order valence-corrected chi connectivity index (χ4v) is 2.88. The van der Waals surface area contributed by atoms with Gasteiger partial charge >= 0.3 is 12.1 Å². The first-order chi connectivity index (χ1) is 13.2. The van der Waals surface area contributed by atoms with Crippen molar-refractivity contribution < 1.29 is 27.4 Å². The summed E-state index contributed by atoms with van der Waals surface area (Å²) in [5.41, 5.74) is 1.29. The second-order valence-corrected chi connectivity index (χ2v) is 6.55. The summed E-state index contributed by atoms with van der Waals surface area (Å²) in [5, 5.41) is 3.29. The molecule has 1 N–H and O–H groups in total. The van der Waals surface area contributed by atoms with Crippen LogP contribution in [-0.2, 0) is 22.1 Å². The van der Waals surface area contributed by atoms with Crippen molar-refractivity contribution in [1.82, 2.24) is 5.32 Å². The molecule has 0 saturated heterocycles. The van der Waals surface area contributed by atoms with Gasteiger partial charge < -0.3 is 14.8 Å². The van der Waals surface area contributed by atoms with Gasteiger partial charge in [-0.15, -0.1) is 12.4 Å². The molecule has 4 nitrogen and oxygen atoms in total. The summed E-state index contributed by atoms with van der Waals surface area (Å²) in [4.78, 5) is 11.5. The van der Waals surface area contributed by atoms with E-state index in [1.807, 2.05) is 19.1 Å². The molecule has 0 saturated carbocycles. The van der Waals surface area contributed by atoms with E-state index >= 15 is 0 Å². The van der Waals surface area contributed by atoms with Crippen LogP contribution in [0.4, 0.5) is 13.2 Å². The Morgan fingerprint density at radius 2 is 1.76 bits per heavy atom. The Balaban J connectivity index is 0.00000420. The molecule has 0 aromatic heterocycles. The summed E-state index contributed by atoms with van der Waals surface area (Å²) in [6.07, 6.45) is -4.18.